The normalized spacial score (nSPS) is 13.1. The molecule has 0 aliphatic carbocycles. The van der Waals surface area contributed by atoms with Crippen molar-refractivity contribution in [3.8, 4) is 0 Å². The van der Waals surface area contributed by atoms with E-state index in [4.69, 9.17) is 0 Å². The van der Waals surface area contributed by atoms with Crippen LogP contribution in [0.5, 0.6) is 0 Å². The third-order valence-electron chi connectivity index (χ3n) is 1.11. The van der Waals surface area contributed by atoms with Gasteiger partial charge in [0.2, 0.25) is 0 Å². The van der Waals surface area contributed by atoms with E-state index in [1.165, 1.54) is 0 Å². The monoisotopic (exact) mass is 326 g/mol. The Morgan fingerprint density at radius 3 is 1.41 bits per heavy atom. The highest BCUT2D eigenvalue weighted by molar-refractivity contribution is 8.78. The molecule has 17 heavy (non-hydrogen) atoms. The van der Waals surface area contributed by atoms with Crippen LogP contribution in [0.1, 0.15) is 41.5 Å². The van der Waals surface area contributed by atoms with Crippen molar-refractivity contribution >= 4 is 54.5 Å². The van der Waals surface area contributed by atoms with Crippen molar-refractivity contribution in [1.82, 2.24) is 10.2 Å². The van der Waals surface area contributed by atoms with Crippen LogP contribution in [0.3, 0.4) is 0 Å². The first-order chi connectivity index (χ1) is 7.66. The summed E-state index contributed by atoms with van der Waals surface area (Å²) in [4.78, 5) is 0. The lowest BCUT2D eigenvalue weighted by atomic mass is 10.3. The molecule has 2 nitrogen and oxygen atoms in total. The largest absolute Gasteiger partial charge is 0.185 e. The van der Waals surface area contributed by atoms with Gasteiger partial charge in [-0.05, 0) is 21.6 Å². The molecule has 0 unspecified atom stereocenters. The number of nitrogens with zero attached hydrogens (tertiary/aromatic N) is 2. The van der Waals surface area contributed by atoms with E-state index in [9.17, 15) is 0 Å². The molecular formula is C10H18N2S5. The van der Waals surface area contributed by atoms with Crippen LogP contribution >= 0.6 is 54.5 Å². The molecule has 1 heterocycles. The van der Waals surface area contributed by atoms with Gasteiger partial charge in [-0.3, -0.25) is 0 Å². The van der Waals surface area contributed by atoms with Crippen molar-refractivity contribution < 1.29 is 0 Å². The molecule has 0 saturated heterocycles. The Bertz CT molecular complexity index is 318. The Hall–Kier alpha value is 0.960. The molecule has 98 valence electrons. The first-order valence-corrected chi connectivity index (χ1v) is 10.3. The summed E-state index contributed by atoms with van der Waals surface area (Å²) in [7, 11) is 7.11. The van der Waals surface area contributed by atoms with Gasteiger partial charge in [0.05, 0.1) is 0 Å². The maximum Gasteiger partial charge on any atom is 0.185 e. The summed E-state index contributed by atoms with van der Waals surface area (Å²) in [5, 5.41) is 8.39. The summed E-state index contributed by atoms with van der Waals surface area (Å²) in [5.74, 6) is 0. The zero-order valence-electron chi connectivity index (χ0n) is 10.9. The van der Waals surface area contributed by atoms with Gasteiger partial charge in [-0.15, -0.1) is 10.2 Å². The molecule has 0 aliphatic heterocycles. The lowest BCUT2D eigenvalue weighted by Gasteiger charge is -2.14. The Kier molecular flexibility index (Phi) is 6.04. The first-order valence-electron chi connectivity index (χ1n) is 5.21. The molecule has 0 fully saturated rings. The minimum atomic E-state index is 0.254. The topological polar surface area (TPSA) is 25.8 Å². The molecule has 0 aliphatic rings. The molecule has 1 rings (SSSR count). The summed E-state index contributed by atoms with van der Waals surface area (Å²) >= 11 is 1.68. The van der Waals surface area contributed by atoms with Crippen molar-refractivity contribution in [1.29, 1.82) is 0 Å². The lowest BCUT2D eigenvalue weighted by Crippen LogP contribution is -2.04. The fraction of sp³-hybridized carbons (Fsp3) is 0.800. The highest BCUT2D eigenvalue weighted by Gasteiger charge is 2.16. The molecule has 7 heteroatoms. The molecule has 0 N–H and O–H groups in total. The fourth-order valence-electron chi connectivity index (χ4n) is 0.586. The van der Waals surface area contributed by atoms with Gasteiger partial charge < -0.3 is 0 Å². The molecule has 0 aromatic carbocycles. The van der Waals surface area contributed by atoms with Gasteiger partial charge in [0.1, 0.15) is 0 Å². The third-order valence-corrected chi connectivity index (χ3v) is 9.32. The molecule has 1 aromatic rings. The van der Waals surface area contributed by atoms with E-state index in [0.29, 0.717) is 0 Å². The maximum absolute atomic E-state index is 4.20. The van der Waals surface area contributed by atoms with Crippen LogP contribution in [0.2, 0.25) is 0 Å². The van der Waals surface area contributed by atoms with Gasteiger partial charge in [-0.1, -0.05) is 74.5 Å². The number of hydrogen-bond acceptors (Lipinski definition) is 7. The Labute approximate surface area is 124 Å². The summed E-state index contributed by atoms with van der Waals surface area (Å²) in [6.07, 6.45) is 0. The van der Waals surface area contributed by atoms with Crippen LogP contribution in [0.4, 0.5) is 0 Å². The molecule has 0 saturated carbocycles. The second-order valence-corrected chi connectivity index (χ2v) is 12.8. The summed E-state index contributed by atoms with van der Waals surface area (Å²) < 4.78 is 2.59. The van der Waals surface area contributed by atoms with Crippen LogP contribution in [0.15, 0.2) is 8.68 Å². The van der Waals surface area contributed by atoms with Crippen LogP contribution in [-0.4, -0.2) is 19.7 Å². The van der Waals surface area contributed by atoms with E-state index in [0.717, 1.165) is 8.68 Å². The second kappa shape index (κ2) is 6.41. The Balaban J connectivity index is 2.43. The van der Waals surface area contributed by atoms with Gasteiger partial charge in [0.15, 0.2) is 8.68 Å². The zero-order valence-corrected chi connectivity index (χ0v) is 15.0. The van der Waals surface area contributed by atoms with Crippen molar-refractivity contribution in [2.45, 2.75) is 59.7 Å². The number of rotatable bonds is 4. The van der Waals surface area contributed by atoms with Crippen molar-refractivity contribution in [2.75, 3.05) is 0 Å². The van der Waals surface area contributed by atoms with Crippen molar-refractivity contribution in [2.24, 2.45) is 0 Å². The molecule has 0 radical (unpaired) electrons. The average Bonchev–Trinajstić information content (AvgIpc) is 2.57. The smallest absolute Gasteiger partial charge is 0.130 e. The Morgan fingerprint density at radius 1 is 0.765 bits per heavy atom. The van der Waals surface area contributed by atoms with E-state index >= 15 is 0 Å². The molecule has 0 bridgehead atoms. The average molecular weight is 327 g/mol. The van der Waals surface area contributed by atoms with Gasteiger partial charge in [-0.25, -0.2) is 0 Å². The summed E-state index contributed by atoms with van der Waals surface area (Å²) in [6.45, 7) is 13.2. The molecule has 0 amide bonds. The highest BCUT2D eigenvalue weighted by atomic mass is 33.1. The summed E-state index contributed by atoms with van der Waals surface area (Å²) in [6, 6.07) is 0. The SMILES string of the molecule is CC(C)(C)SSc1nnc(SSC(C)(C)C)s1. The Morgan fingerprint density at radius 2 is 1.12 bits per heavy atom. The van der Waals surface area contributed by atoms with Gasteiger partial charge in [0.25, 0.3) is 0 Å². The van der Waals surface area contributed by atoms with Crippen molar-refractivity contribution in [3.63, 3.8) is 0 Å². The van der Waals surface area contributed by atoms with E-state index in [-0.39, 0.29) is 9.49 Å². The van der Waals surface area contributed by atoms with E-state index in [2.05, 4.69) is 51.7 Å². The fourth-order valence-corrected chi connectivity index (χ4v) is 5.95. The van der Waals surface area contributed by atoms with Gasteiger partial charge >= 0.3 is 0 Å². The van der Waals surface area contributed by atoms with Crippen LogP contribution in [0, 0.1) is 0 Å². The zero-order chi connectivity index (χ0) is 13.1. The van der Waals surface area contributed by atoms with Gasteiger partial charge in [0, 0.05) is 9.49 Å². The van der Waals surface area contributed by atoms with E-state index in [1.807, 2.05) is 21.6 Å². The predicted octanol–water partition coefficient (Wildman–Crippen LogP) is 5.62. The number of hydrogen-bond donors (Lipinski definition) is 0. The second-order valence-electron chi connectivity index (χ2n) is 5.39. The standard InChI is InChI=1S/C10H18N2S5/c1-9(2,3)16-14-7-11-12-8(13-7)15-17-10(4,5)6/h1-6H3. The van der Waals surface area contributed by atoms with Crippen LogP contribution in [0.25, 0.3) is 0 Å². The first kappa shape index (κ1) is 16.0. The predicted molar refractivity (Wildman–Crippen MR) is 86.3 cm³/mol. The molecule has 0 atom stereocenters. The quantitative estimate of drug-likeness (QED) is 0.667. The van der Waals surface area contributed by atoms with Crippen LogP contribution in [-0.2, 0) is 0 Å². The minimum absolute atomic E-state index is 0.254. The molecule has 1 aromatic heterocycles. The number of aromatic nitrogens is 2. The molecule has 0 spiro atoms. The van der Waals surface area contributed by atoms with Crippen molar-refractivity contribution in [3.05, 3.63) is 0 Å². The van der Waals surface area contributed by atoms with E-state index in [1.54, 1.807) is 32.9 Å². The third kappa shape index (κ3) is 7.87. The highest BCUT2D eigenvalue weighted by Crippen LogP contribution is 2.46. The maximum atomic E-state index is 4.20. The lowest BCUT2D eigenvalue weighted by molar-refractivity contribution is 0.810. The molecular weight excluding hydrogens is 308 g/mol. The van der Waals surface area contributed by atoms with E-state index < -0.39 is 0 Å². The summed E-state index contributed by atoms with van der Waals surface area (Å²) in [5.41, 5.74) is 0. The van der Waals surface area contributed by atoms with Crippen LogP contribution < -0.4 is 0 Å². The minimum Gasteiger partial charge on any atom is -0.130 e. The van der Waals surface area contributed by atoms with Gasteiger partial charge in [-0.2, -0.15) is 0 Å².